The van der Waals surface area contributed by atoms with Gasteiger partial charge in [0.25, 0.3) is 0 Å². The normalized spacial score (nSPS) is 28.8. The van der Waals surface area contributed by atoms with Gasteiger partial charge in [0.15, 0.2) is 0 Å². The second kappa shape index (κ2) is 6.45. The third-order valence-corrected chi connectivity index (χ3v) is 5.63. The molecule has 1 fully saturated rings. The van der Waals surface area contributed by atoms with Crippen LogP contribution in [0.4, 0.5) is 0 Å². The van der Waals surface area contributed by atoms with Crippen molar-refractivity contribution in [3.63, 3.8) is 0 Å². The first-order valence-corrected chi connectivity index (χ1v) is 8.17. The second-order valence-corrected chi connectivity index (χ2v) is 7.52. The van der Waals surface area contributed by atoms with Crippen LogP contribution in [0.5, 0.6) is 0 Å². The van der Waals surface area contributed by atoms with Crippen molar-refractivity contribution in [2.45, 2.75) is 53.1 Å². The SMILES string of the molecule is Cc1cccc(CN(C)CC2CCC(N)C(C)C2(C)C)n1. The van der Waals surface area contributed by atoms with Gasteiger partial charge in [0.05, 0.1) is 5.69 Å². The van der Waals surface area contributed by atoms with Gasteiger partial charge in [-0.05, 0) is 56.2 Å². The van der Waals surface area contributed by atoms with Crippen molar-refractivity contribution < 1.29 is 0 Å². The first kappa shape index (κ1) is 16.4. The Bertz CT molecular complexity index is 469. The van der Waals surface area contributed by atoms with E-state index in [9.17, 15) is 0 Å². The summed E-state index contributed by atoms with van der Waals surface area (Å²) in [5.41, 5.74) is 8.83. The van der Waals surface area contributed by atoms with Gasteiger partial charge in [-0.2, -0.15) is 0 Å². The van der Waals surface area contributed by atoms with E-state index in [0.29, 0.717) is 23.3 Å². The fraction of sp³-hybridized carbons (Fsp3) is 0.722. The largest absolute Gasteiger partial charge is 0.327 e. The Hall–Kier alpha value is -0.930. The van der Waals surface area contributed by atoms with Crippen molar-refractivity contribution in [1.29, 1.82) is 0 Å². The number of nitrogens with two attached hydrogens (primary N) is 1. The fourth-order valence-corrected chi connectivity index (χ4v) is 3.67. The van der Waals surface area contributed by atoms with Crippen molar-refractivity contribution in [1.82, 2.24) is 9.88 Å². The van der Waals surface area contributed by atoms with E-state index < -0.39 is 0 Å². The minimum absolute atomic E-state index is 0.311. The zero-order valence-electron chi connectivity index (χ0n) is 14.3. The van der Waals surface area contributed by atoms with Crippen molar-refractivity contribution >= 4 is 0 Å². The number of aromatic nitrogens is 1. The monoisotopic (exact) mass is 289 g/mol. The Kier molecular flexibility index (Phi) is 5.05. The minimum atomic E-state index is 0.311. The summed E-state index contributed by atoms with van der Waals surface area (Å²) in [4.78, 5) is 7.02. The van der Waals surface area contributed by atoms with Gasteiger partial charge in [0, 0.05) is 24.8 Å². The van der Waals surface area contributed by atoms with Crippen LogP contribution in [0.2, 0.25) is 0 Å². The van der Waals surface area contributed by atoms with Crippen LogP contribution in [0, 0.1) is 24.2 Å². The van der Waals surface area contributed by atoms with Gasteiger partial charge >= 0.3 is 0 Å². The average molecular weight is 289 g/mol. The molecule has 0 spiro atoms. The van der Waals surface area contributed by atoms with E-state index in [4.69, 9.17) is 5.73 Å². The maximum Gasteiger partial charge on any atom is 0.0547 e. The molecule has 1 saturated carbocycles. The molecular formula is C18H31N3. The van der Waals surface area contributed by atoms with Crippen LogP contribution in [0.15, 0.2) is 18.2 Å². The summed E-state index contributed by atoms with van der Waals surface area (Å²) < 4.78 is 0. The van der Waals surface area contributed by atoms with Crippen LogP contribution in [-0.4, -0.2) is 29.5 Å². The summed E-state index contributed by atoms with van der Waals surface area (Å²) in [6.45, 7) is 11.2. The van der Waals surface area contributed by atoms with E-state index in [1.807, 2.05) is 0 Å². The zero-order valence-corrected chi connectivity index (χ0v) is 14.3. The quantitative estimate of drug-likeness (QED) is 0.925. The summed E-state index contributed by atoms with van der Waals surface area (Å²) in [5.74, 6) is 1.30. The third kappa shape index (κ3) is 3.83. The minimum Gasteiger partial charge on any atom is -0.327 e. The molecule has 2 rings (SSSR count). The highest BCUT2D eigenvalue weighted by atomic mass is 15.1. The van der Waals surface area contributed by atoms with Crippen molar-refractivity contribution in [2.24, 2.45) is 23.0 Å². The number of hydrogen-bond donors (Lipinski definition) is 1. The van der Waals surface area contributed by atoms with Gasteiger partial charge in [0.1, 0.15) is 0 Å². The molecule has 3 unspecified atom stereocenters. The van der Waals surface area contributed by atoms with Crippen LogP contribution >= 0.6 is 0 Å². The maximum absolute atomic E-state index is 6.26. The molecule has 3 nitrogen and oxygen atoms in total. The molecule has 0 bridgehead atoms. The standard InChI is InChI=1S/C18H31N3/c1-13-7-6-8-16(20-13)12-21(5)11-15-9-10-17(19)14(2)18(15,3)4/h6-8,14-15,17H,9-12,19H2,1-5H3. The lowest BCUT2D eigenvalue weighted by atomic mass is 9.61. The molecule has 118 valence electrons. The van der Waals surface area contributed by atoms with E-state index in [1.165, 1.54) is 6.42 Å². The van der Waals surface area contributed by atoms with E-state index in [0.717, 1.165) is 30.9 Å². The summed E-state index contributed by atoms with van der Waals surface area (Å²) in [6, 6.07) is 6.63. The Morgan fingerprint density at radius 2 is 2.05 bits per heavy atom. The van der Waals surface area contributed by atoms with Gasteiger partial charge in [-0.1, -0.05) is 26.8 Å². The average Bonchev–Trinajstić information content (AvgIpc) is 2.40. The van der Waals surface area contributed by atoms with Crippen molar-refractivity contribution in [2.75, 3.05) is 13.6 Å². The van der Waals surface area contributed by atoms with Gasteiger partial charge < -0.3 is 10.6 Å². The smallest absolute Gasteiger partial charge is 0.0547 e. The van der Waals surface area contributed by atoms with Gasteiger partial charge in [-0.15, -0.1) is 0 Å². The van der Waals surface area contributed by atoms with E-state index in [2.05, 4.69) is 62.8 Å². The van der Waals surface area contributed by atoms with Gasteiger partial charge in [-0.25, -0.2) is 0 Å². The van der Waals surface area contributed by atoms with Crippen molar-refractivity contribution in [3.8, 4) is 0 Å². The Morgan fingerprint density at radius 3 is 2.71 bits per heavy atom. The summed E-state index contributed by atoms with van der Waals surface area (Å²) in [6.07, 6.45) is 2.40. The van der Waals surface area contributed by atoms with Crippen LogP contribution < -0.4 is 5.73 Å². The molecule has 1 aromatic rings. The Balaban J connectivity index is 1.97. The van der Waals surface area contributed by atoms with Crippen LogP contribution in [0.25, 0.3) is 0 Å². The van der Waals surface area contributed by atoms with Crippen LogP contribution in [0.1, 0.15) is 45.0 Å². The highest BCUT2D eigenvalue weighted by Crippen LogP contribution is 2.44. The maximum atomic E-state index is 6.26. The van der Waals surface area contributed by atoms with Gasteiger partial charge in [-0.3, -0.25) is 4.98 Å². The zero-order chi connectivity index (χ0) is 15.6. The van der Waals surface area contributed by atoms with E-state index in [-0.39, 0.29) is 0 Å². The molecule has 0 saturated heterocycles. The van der Waals surface area contributed by atoms with E-state index in [1.54, 1.807) is 0 Å². The molecule has 1 aliphatic carbocycles. The number of aryl methyl sites for hydroxylation is 1. The molecule has 3 heteroatoms. The predicted molar refractivity (Wildman–Crippen MR) is 89.0 cm³/mol. The number of rotatable bonds is 4. The summed E-state index contributed by atoms with van der Waals surface area (Å²) >= 11 is 0. The first-order chi connectivity index (χ1) is 9.80. The van der Waals surface area contributed by atoms with Crippen LogP contribution in [0.3, 0.4) is 0 Å². The molecule has 1 aromatic heterocycles. The fourth-order valence-electron chi connectivity index (χ4n) is 3.67. The summed E-state index contributed by atoms with van der Waals surface area (Å²) in [7, 11) is 2.21. The Labute approximate surface area is 129 Å². The molecule has 21 heavy (non-hydrogen) atoms. The van der Waals surface area contributed by atoms with Crippen molar-refractivity contribution in [3.05, 3.63) is 29.6 Å². The molecule has 0 radical (unpaired) electrons. The lowest BCUT2D eigenvalue weighted by Gasteiger charge is -2.48. The molecule has 0 aliphatic heterocycles. The first-order valence-electron chi connectivity index (χ1n) is 8.17. The number of hydrogen-bond acceptors (Lipinski definition) is 3. The topological polar surface area (TPSA) is 42.1 Å². The molecule has 3 atom stereocenters. The molecule has 1 aliphatic rings. The molecule has 1 heterocycles. The highest BCUT2D eigenvalue weighted by molar-refractivity contribution is 5.09. The lowest BCUT2D eigenvalue weighted by Crippen LogP contribution is -2.49. The molecule has 0 amide bonds. The molecule has 0 aromatic carbocycles. The van der Waals surface area contributed by atoms with E-state index >= 15 is 0 Å². The molecular weight excluding hydrogens is 258 g/mol. The summed E-state index contributed by atoms with van der Waals surface area (Å²) in [5, 5.41) is 0. The highest BCUT2D eigenvalue weighted by Gasteiger charge is 2.41. The van der Waals surface area contributed by atoms with Crippen LogP contribution in [-0.2, 0) is 6.54 Å². The number of pyridine rings is 1. The predicted octanol–water partition coefficient (Wildman–Crippen LogP) is 3.22. The lowest BCUT2D eigenvalue weighted by molar-refractivity contribution is 0.0322. The second-order valence-electron chi connectivity index (χ2n) is 7.52. The van der Waals surface area contributed by atoms with Gasteiger partial charge in [0.2, 0.25) is 0 Å². The Morgan fingerprint density at radius 1 is 1.33 bits per heavy atom. The third-order valence-electron chi connectivity index (χ3n) is 5.63. The number of nitrogens with zero attached hydrogens (tertiary/aromatic N) is 2. The molecule has 2 N–H and O–H groups in total.